The van der Waals surface area contributed by atoms with E-state index in [0.717, 1.165) is 53.0 Å². The quantitative estimate of drug-likeness (QED) is 0.442. The summed E-state index contributed by atoms with van der Waals surface area (Å²) < 4.78 is 8.00. The molecule has 2 aromatic heterocycles. The van der Waals surface area contributed by atoms with E-state index in [-0.39, 0.29) is 11.9 Å². The third-order valence-corrected chi connectivity index (χ3v) is 6.07. The molecule has 0 bridgehead atoms. The number of nitrogen functional groups attached to an aromatic ring is 1. The van der Waals surface area contributed by atoms with Crippen molar-refractivity contribution in [3.8, 4) is 22.6 Å². The number of hydrogen-bond donors (Lipinski definition) is 1. The lowest BCUT2D eigenvalue weighted by Crippen LogP contribution is -2.36. The van der Waals surface area contributed by atoms with E-state index in [9.17, 15) is 4.79 Å². The van der Waals surface area contributed by atoms with Crippen molar-refractivity contribution in [1.29, 1.82) is 0 Å². The first-order chi connectivity index (χ1) is 16.1. The summed E-state index contributed by atoms with van der Waals surface area (Å²) in [6, 6.07) is 17.7. The molecule has 1 atom stereocenters. The molecule has 0 unspecified atom stereocenters. The van der Waals surface area contributed by atoms with Gasteiger partial charge in [-0.15, -0.1) is 0 Å². The van der Waals surface area contributed by atoms with Crippen LogP contribution in [0.15, 0.2) is 79.8 Å². The fourth-order valence-corrected chi connectivity index (χ4v) is 4.49. The van der Waals surface area contributed by atoms with E-state index >= 15 is 0 Å². The molecule has 1 aliphatic heterocycles. The van der Waals surface area contributed by atoms with Crippen molar-refractivity contribution in [3.05, 3.63) is 79.8 Å². The van der Waals surface area contributed by atoms with Crippen molar-refractivity contribution in [3.63, 3.8) is 0 Å². The molecule has 2 N–H and O–H groups in total. The van der Waals surface area contributed by atoms with Crippen LogP contribution in [0.3, 0.4) is 0 Å². The van der Waals surface area contributed by atoms with E-state index in [4.69, 9.17) is 10.5 Å². The Balaban J connectivity index is 1.47. The standard InChI is InChI=1S/C26H25N5O2/c1-2-23(32)31-14-6-7-19(31)15-30-16-22(24-25(27)28-17-29-26(24)30)18-10-12-21(13-11-18)33-20-8-4-3-5-9-20/h2-5,8-13,16-17,19H,1,6-7,14-15H2,(H2,27,28,29)/t19-/m1/s1. The SMILES string of the molecule is C=CC(=O)N1CCC[C@@H]1Cn1cc(-c2ccc(Oc3ccccc3)cc2)c2c(N)ncnc21. The molecular formula is C26H25N5O2. The zero-order valence-electron chi connectivity index (χ0n) is 18.2. The molecule has 0 spiro atoms. The summed E-state index contributed by atoms with van der Waals surface area (Å²) >= 11 is 0. The number of fused-ring (bicyclic) bond motifs is 1. The maximum atomic E-state index is 12.3. The Hall–Kier alpha value is -4.13. The van der Waals surface area contributed by atoms with E-state index < -0.39 is 0 Å². The number of anilines is 1. The molecule has 0 radical (unpaired) electrons. The summed E-state index contributed by atoms with van der Waals surface area (Å²) in [5.74, 6) is 1.94. The number of benzene rings is 2. The van der Waals surface area contributed by atoms with Crippen molar-refractivity contribution >= 4 is 22.8 Å². The summed E-state index contributed by atoms with van der Waals surface area (Å²) in [6.45, 7) is 5.03. The van der Waals surface area contributed by atoms with E-state index in [1.165, 1.54) is 12.4 Å². The molecule has 2 aromatic carbocycles. The third-order valence-electron chi connectivity index (χ3n) is 6.07. The Morgan fingerprint density at radius 3 is 2.64 bits per heavy atom. The van der Waals surface area contributed by atoms with Crippen LogP contribution in [-0.4, -0.2) is 37.9 Å². The Kier molecular flexibility index (Phi) is 5.52. The highest BCUT2D eigenvalue weighted by atomic mass is 16.5. The maximum Gasteiger partial charge on any atom is 0.246 e. The number of likely N-dealkylation sites (tertiary alicyclic amines) is 1. The number of ether oxygens (including phenoxy) is 1. The second-order valence-corrected chi connectivity index (χ2v) is 8.12. The van der Waals surface area contributed by atoms with Gasteiger partial charge in [0, 0.05) is 30.9 Å². The van der Waals surface area contributed by atoms with Gasteiger partial charge in [0.2, 0.25) is 5.91 Å². The molecule has 0 aliphatic carbocycles. The molecular weight excluding hydrogens is 414 g/mol. The number of amides is 1. The van der Waals surface area contributed by atoms with E-state index in [1.807, 2.05) is 59.5 Å². The van der Waals surface area contributed by atoms with Gasteiger partial charge in [0.1, 0.15) is 29.3 Å². The Labute approximate surface area is 192 Å². The molecule has 7 heteroatoms. The minimum absolute atomic E-state index is 0.0303. The number of nitrogens with two attached hydrogens (primary N) is 1. The summed E-state index contributed by atoms with van der Waals surface area (Å²) in [5.41, 5.74) is 8.99. The number of nitrogens with zero attached hydrogens (tertiary/aromatic N) is 4. The molecule has 3 heterocycles. The first-order valence-electron chi connectivity index (χ1n) is 11.0. The van der Waals surface area contributed by atoms with E-state index in [1.54, 1.807) is 0 Å². The highest BCUT2D eigenvalue weighted by molar-refractivity contribution is 6.00. The maximum absolute atomic E-state index is 12.3. The Bertz CT molecular complexity index is 1300. The lowest BCUT2D eigenvalue weighted by molar-refractivity contribution is -0.126. The lowest BCUT2D eigenvalue weighted by Gasteiger charge is -2.24. The molecule has 166 valence electrons. The summed E-state index contributed by atoms with van der Waals surface area (Å²) in [4.78, 5) is 22.9. The van der Waals surface area contributed by atoms with Gasteiger partial charge in [-0.25, -0.2) is 9.97 Å². The van der Waals surface area contributed by atoms with Gasteiger partial charge in [-0.05, 0) is 48.7 Å². The number of para-hydroxylation sites is 1. The average Bonchev–Trinajstić information content (AvgIpc) is 3.46. The van der Waals surface area contributed by atoms with Gasteiger partial charge in [-0.2, -0.15) is 0 Å². The largest absolute Gasteiger partial charge is 0.457 e. The van der Waals surface area contributed by atoms with Crippen LogP contribution in [0.2, 0.25) is 0 Å². The summed E-state index contributed by atoms with van der Waals surface area (Å²) in [5, 5.41) is 0.814. The second-order valence-electron chi connectivity index (χ2n) is 8.12. The number of carbonyl (C=O) groups excluding carboxylic acids is 1. The van der Waals surface area contributed by atoms with E-state index in [0.29, 0.717) is 12.4 Å². The Morgan fingerprint density at radius 2 is 1.88 bits per heavy atom. The number of rotatable bonds is 6. The molecule has 1 amide bonds. The smallest absolute Gasteiger partial charge is 0.246 e. The van der Waals surface area contributed by atoms with Crippen molar-refractivity contribution in [2.45, 2.75) is 25.4 Å². The second kappa shape index (κ2) is 8.78. The number of carbonyl (C=O) groups is 1. The molecule has 33 heavy (non-hydrogen) atoms. The zero-order valence-corrected chi connectivity index (χ0v) is 18.2. The highest BCUT2D eigenvalue weighted by Crippen LogP contribution is 2.35. The van der Waals surface area contributed by atoms with Gasteiger partial charge >= 0.3 is 0 Å². The predicted octanol–water partition coefficient (Wildman–Crippen LogP) is 4.65. The normalized spacial score (nSPS) is 15.6. The van der Waals surface area contributed by atoms with Crippen LogP contribution in [0.5, 0.6) is 11.5 Å². The minimum atomic E-state index is -0.0303. The Morgan fingerprint density at radius 1 is 1.12 bits per heavy atom. The molecule has 7 nitrogen and oxygen atoms in total. The van der Waals surface area contributed by atoms with Gasteiger partial charge in [0.05, 0.1) is 5.39 Å². The average molecular weight is 440 g/mol. The van der Waals surface area contributed by atoms with Crippen LogP contribution in [0.4, 0.5) is 5.82 Å². The van der Waals surface area contributed by atoms with Crippen molar-refractivity contribution in [2.75, 3.05) is 12.3 Å². The van der Waals surface area contributed by atoms with Crippen LogP contribution in [0.25, 0.3) is 22.2 Å². The molecule has 1 saturated heterocycles. The molecule has 4 aromatic rings. The van der Waals surface area contributed by atoms with Crippen LogP contribution in [-0.2, 0) is 11.3 Å². The van der Waals surface area contributed by atoms with Crippen molar-refractivity contribution < 1.29 is 9.53 Å². The predicted molar refractivity (Wildman–Crippen MR) is 129 cm³/mol. The van der Waals surface area contributed by atoms with Crippen LogP contribution in [0, 0.1) is 0 Å². The first-order valence-corrected chi connectivity index (χ1v) is 11.0. The van der Waals surface area contributed by atoms with Gasteiger partial charge in [0.25, 0.3) is 0 Å². The van der Waals surface area contributed by atoms with Gasteiger partial charge < -0.3 is 19.9 Å². The molecule has 5 rings (SSSR count). The highest BCUT2D eigenvalue weighted by Gasteiger charge is 2.28. The summed E-state index contributed by atoms with van der Waals surface area (Å²) in [6.07, 6.45) is 6.85. The van der Waals surface area contributed by atoms with Crippen LogP contribution >= 0.6 is 0 Å². The van der Waals surface area contributed by atoms with Crippen molar-refractivity contribution in [1.82, 2.24) is 19.4 Å². The van der Waals surface area contributed by atoms with E-state index in [2.05, 4.69) is 27.3 Å². The fourth-order valence-electron chi connectivity index (χ4n) is 4.49. The zero-order chi connectivity index (χ0) is 22.8. The van der Waals surface area contributed by atoms with Crippen LogP contribution in [0.1, 0.15) is 12.8 Å². The first kappa shape index (κ1) is 20.8. The number of hydrogen-bond acceptors (Lipinski definition) is 5. The summed E-state index contributed by atoms with van der Waals surface area (Å²) in [7, 11) is 0. The minimum Gasteiger partial charge on any atom is -0.457 e. The molecule has 1 aliphatic rings. The molecule has 1 fully saturated rings. The fraction of sp³-hybridized carbons (Fsp3) is 0.192. The third kappa shape index (κ3) is 4.05. The van der Waals surface area contributed by atoms with Gasteiger partial charge in [-0.3, -0.25) is 4.79 Å². The van der Waals surface area contributed by atoms with Crippen LogP contribution < -0.4 is 10.5 Å². The van der Waals surface area contributed by atoms with Gasteiger partial charge in [-0.1, -0.05) is 36.9 Å². The lowest BCUT2D eigenvalue weighted by atomic mass is 10.1. The molecule has 0 saturated carbocycles. The monoisotopic (exact) mass is 439 g/mol. The number of aromatic nitrogens is 3. The van der Waals surface area contributed by atoms with Crippen molar-refractivity contribution in [2.24, 2.45) is 0 Å². The van der Waals surface area contributed by atoms with Gasteiger partial charge in [0.15, 0.2) is 0 Å². The topological polar surface area (TPSA) is 86.3 Å².